The summed E-state index contributed by atoms with van der Waals surface area (Å²) in [5.41, 5.74) is 9.77. The van der Waals surface area contributed by atoms with Crippen molar-refractivity contribution in [3.63, 3.8) is 0 Å². The number of likely N-dealkylation sites (N-methyl/N-ethyl adjacent to an activating group) is 1. The zero-order chi connectivity index (χ0) is 22.1. The standard InChI is InChI=1S/C23H26FN5O2/c1-27(2)22(30)20(21(25)23(31)29-11-9-18(24)14-29)16-5-3-15(4-6-16)17-7-8-19-26-10-12-28(19)13-17/h3-8,10,12-13,18,20-21H,9,11,14,25H2,1-2H3/t18-,20-,21-/m0/s1. The van der Waals surface area contributed by atoms with E-state index >= 15 is 0 Å². The minimum absolute atomic E-state index is 0.0328. The molecule has 0 radical (unpaired) electrons. The second-order valence-corrected chi connectivity index (χ2v) is 8.14. The van der Waals surface area contributed by atoms with Gasteiger partial charge in [0.15, 0.2) is 0 Å². The maximum absolute atomic E-state index is 13.6. The molecule has 1 aliphatic heterocycles. The van der Waals surface area contributed by atoms with E-state index in [4.69, 9.17) is 5.73 Å². The van der Waals surface area contributed by atoms with E-state index in [1.54, 1.807) is 20.3 Å². The molecule has 4 rings (SSSR count). The Bertz CT molecular complexity index is 1090. The van der Waals surface area contributed by atoms with Crippen LogP contribution in [0.3, 0.4) is 0 Å². The van der Waals surface area contributed by atoms with Gasteiger partial charge in [0.25, 0.3) is 0 Å². The molecule has 1 aromatic carbocycles. The summed E-state index contributed by atoms with van der Waals surface area (Å²) < 4.78 is 15.5. The van der Waals surface area contributed by atoms with Crippen molar-refractivity contribution < 1.29 is 14.0 Å². The molecule has 0 bridgehead atoms. The Kier molecular flexibility index (Phi) is 5.73. The van der Waals surface area contributed by atoms with Crippen LogP contribution < -0.4 is 5.73 Å². The fourth-order valence-corrected chi connectivity index (χ4v) is 4.03. The van der Waals surface area contributed by atoms with Crippen LogP contribution in [0.15, 0.2) is 55.0 Å². The number of benzene rings is 1. The SMILES string of the molecule is CN(C)C(=O)[C@@H](c1ccc(-c2ccc3nccn3c2)cc1)[C@H](N)C(=O)N1CC[C@H](F)C1. The molecular formula is C23H26FN5O2. The minimum Gasteiger partial charge on any atom is -0.348 e. The number of nitrogens with zero attached hydrogens (tertiary/aromatic N) is 4. The molecule has 162 valence electrons. The Morgan fingerprint density at radius 3 is 2.52 bits per heavy atom. The average molecular weight is 423 g/mol. The molecule has 3 heterocycles. The van der Waals surface area contributed by atoms with Gasteiger partial charge in [-0.05, 0) is 35.2 Å². The Morgan fingerprint density at radius 2 is 1.87 bits per heavy atom. The van der Waals surface area contributed by atoms with Gasteiger partial charge in [0.2, 0.25) is 11.8 Å². The Labute approximate surface area is 180 Å². The smallest absolute Gasteiger partial charge is 0.240 e. The summed E-state index contributed by atoms with van der Waals surface area (Å²) in [4.78, 5) is 32.9. The van der Waals surface area contributed by atoms with Gasteiger partial charge >= 0.3 is 0 Å². The number of amides is 2. The fraction of sp³-hybridized carbons (Fsp3) is 0.348. The van der Waals surface area contributed by atoms with Crippen LogP contribution in [0.4, 0.5) is 4.39 Å². The number of hydrogen-bond donors (Lipinski definition) is 1. The topological polar surface area (TPSA) is 83.9 Å². The largest absolute Gasteiger partial charge is 0.348 e. The van der Waals surface area contributed by atoms with Gasteiger partial charge < -0.3 is 19.9 Å². The van der Waals surface area contributed by atoms with Crippen molar-refractivity contribution in [2.45, 2.75) is 24.6 Å². The lowest BCUT2D eigenvalue weighted by Crippen LogP contribution is -2.50. The normalized spacial score (nSPS) is 18.2. The Balaban J connectivity index is 1.62. The molecule has 0 spiro atoms. The van der Waals surface area contributed by atoms with Gasteiger partial charge in [-0.3, -0.25) is 9.59 Å². The zero-order valence-corrected chi connectivity index (χ0v) is 17.6. The number of aromatic nitrogens is 2. The third-order valence-electron chi connectivity index (χ3n) is 5.79. The van der Waals surface area contributed by atoms with Gasteiger partial charge in [-0.1, -0.05) is 24.3 Å². The molecule has 1 aliphatic rings. The molecule has 2 aromatic heterocycles. The van der Waals surface area contributed by atoms with E-state index in [1.165, 1.54) is 9.80 Å². The van der Waals surface area contributed by atoms with Crippen LogP contribution in [0.1, 0.15) is 17.9 Å². The Hall–Kier alpha value is -3.26. The van der Waals surface area contributed by atoms with Crippen molar-refractivity contribution in [2.24, 2.45) is 5.73 Å². The molecule has 31 heavy (non-hydrogen) atoms. The molecule has 0 saturated carbocycles. The van der Waals surface area contributed by atoms with E-state index < -0.39 is 24.0 Å². The fourth-order valence-electron chi connectivity index (χ4n) is 4.03. The zero-order valence-electron chi connectivity index (χ0n) is 17.6. The van der Waals surface area contributed by atoms with Gasteiger partial charge in [-0.25, -0.2) is 9.37 Å². The van der Waals surface area contributed by atoms with Crippen LogP contribution >= 0.6 is 0 Å². The van der Waals surface area contributed by atoms with Gasteiger partial charge in [0.05, 0.1) is 12.5 Å². The predicted octanol–water partition coefficient (Wildman–Crippen LogP) is 2.07. The monoisotopic (exact) mass is 423 g/mol. The maximum Gasteiger partial charge on any atom is 0.240 e. The summed E-state index contributed by atoms with van der Waals surface area (Å²) in [5, 5.41) is 0. The molecule has 0 aliphatic carbocycles. The average Bonchev–Trinajstić information content (AvgIpc) is 3.41. The lowest BCUT2D eigenvalue weighted by molar-refractivity contribution is -0.138. The van der Waals surface area contributed by atoms with E-state index in [2.05, 4.69) is 4.98 Å². The summed E-state index contributed by atoms with van der Waals surface area (Å²) in [6, 6.07) is 10.3. The van der Waals surface area contributed by atoms with Gasteiger partial charge in [0.1, 0.15) is 17.9 Å². The van der Waals surface area contributed by atoms with Gasteiger partial charge in [-0.2, -0.15) is 0 Å². The number of hydrogen-bond acceptors (Lipinski definition) is 4. The number of imidazole rings is 1. The number of likely N-dealkylation sites (tertiary alicyclic amines) is 1. The number of fused-ring (bicyclic) bond motifs is 1. The highest BCUT2D eigenvalue weighted by molar-refractivity contribution is 5.93. The lowest BCUT2D eigenvalue weighted by Gasteiger charge is -2.28. The molecular weight excluding hydrogens is 397 g/mol. The number of pyridine rings is 1. The van der Waals surface area contributed by atoms with Crippen molar-refractivity contribution in [3.8, 4) is 11.1 Å². The van der Waals surface area contributed by atoms with Crippen molar-refractivity contribution >= 4 is 17.5 Å². The van der Waals surface area contributed by atoms with Gasteiger partial charge in [0, 0.05) is 39.2 Å². The minimum atomic E-state index is -1.08. The third kappa shape index (κ3) is 4.16. The molecule has 1 fully saturated rings. The molecule has 0 unspecified atom stereocenters. The van der Waals surface area contributed by atoms with Crippen LogP contribution in [0.25, 0.3) is 16.8 Å². The number of carbonyl (C=O) groups excluding carboxylic acids is 2. The number of carbonyl (C=O) groups is 2. The molecule has 8 heteroatoms. The van der Waals surface area contributed by atoms with Crippen LogP contribution in [-0.2, 0) is 9.59 Å². The summed E-state index contributed by atoms with van der Waals surface area (Å²) in [5.74, 6) is -1.49. The van der Waals surface area contributed by atoms with Crippen molar-refractivity contribution in [3.05, 3.63) is 60.6 Å². The van der Waals surface area contributed by atoms with E-state index in [0.29, 0.717) is 18.5 Å². The van der Waals surface area contributed by atoms with Crippen molar-refractivity contribution in [1.82, 2.24) is 19.2 Å². The summed E-state index contributed by atoms with van der Waals surface area (Å²) in [6.07, 6.45) is 4.87. The summed E-state index contributed by atoms with van der Waals surface area (Å²) in [6.45, 7) is 0.358. The first kappa shape index (κ1) is 21.0. The molecule has 1 saturated heterocycles. The first-order valence-corrected chi connectivity index (χ1v) is 10.3. The third-order valence-corrected chi connectivity index (χ3v) is 5.79. The van der Waals surface area contributed by atoms with Crippen molar-refractivity contribution in [2.75, 3.05) is 27.2 Å². The van der Waals surface area contributed by atoms with E-state index in [9.17, 15) is 14.0 Å². The summed E-state index contributed by atoms with van der Waals surface area (Å²) in [7, 11) is 3.27. The number of nitrogens with two attached hydrogens (primary N) is 1. The highest BCUT2D eigenvalue weighted by atomic mass is 19.1. The number of rotatable bonds is 5. The van der Waals surface area contributed by atoms with Crippen molar-refractivity contribution in [1.29, 1.82) is 0 Å². The van der Waals surface area contributed by atoms with E-state index in [1.807, 2.05) is 53.2 Å². The second kappa shape index (κ2) is 8.47. The number of alkyl halides is 1. The Morgan fingerprint density at radius 1 is 1.16 bits per heavy atom. The highest BCUT2D eigenvalue weighted by Gasteiger charge is 2.37. The van der Waals surface area contributed by atoms with Crippen LogP contribution in [0.5, 0.6) is 0 Å². The summed E-state index contributed by atoms with van der Waals surface area (Å²) >= 11 is 0. The highest BCUT2D eigenvalue weighted by Crippen LogP contribution is 2.27. The predicted molar refractivity (Wildman–Crippen MR) is 116 cm³/mol. The first-order valence-electron chi connectivity index (χ1n) is 10.3. The van der Waals surface area contributed by atoms with E-state index in [0.717, 1.165) is 16.8 Å². The van der Waals surface area contributed by atoms with Crippen LogP contribution in [0.2, 0.25) is 0 Å². The quantitative estimate of drug-likeness (QED) is 0.681. The maximum atomic E-state index is 13.6. The lowest BCUT2D eigenvalue weighted by atomic mass is 9.88. The van der Waals surface area contributed by atoms with E-state index in [-0.39, 0.29) is 12.5 Å². The molecule has 7 nitrogen and oxygen atoms in total. The second-order valence-electron chi connectivity index (χ2n) is 8.14. The molecule has 3 aromatic rings. The van der Waals surface area contributed by atoms with Gasteiger partial charge in [-0.15, -0.1) is 0 Å². The molecule has 3 atom stereocenters. The molecule has 2 amide bonds. The number of halogens is 1. The van der Waals surface area contributed by atoms with Crippen LogP contribution in [0, 0.1) is 0 Å². The molecule has 2 N–H and O–H groups in total. The first-order chi connectivity index (χ1) is 14.8. The van der Waals surface area contributed by atoms with Crippen LogP contribution in [-0.4, -0.2) is 70.4 Å².